The molecule has 1 saturated carbocycles. The molecule has 9 heteroatoms. The average molecular weight is 327 g/mol. The fraction of sp³-hybridized carbons (Fsp3) is 0.500. The van der Waals surface area contributed by atoms with Crippen LogP contribution >= 0.6 is 11.3 Å². The maximum absolute atomic E-state index is 12.4. The molecule has 2 aromatic rings. The Morgan fingerprint density at radius 1 is 1.43 bits per heavy atom. The van der Waals surface area contributed by atoms with Crippen molar-refractivity contribution in [2.24, 2.45) is 0 Å². The van der Waals surface area contributed by atoms with Crippen molar-refractivity contribution in [2.75, 3.05) is 4.72 Å². The topological polar surface area (TPSA) is 99.8 Å². The molecule has 0 atom stereocenters. The summed E-state index contributed by atoms with van der Waals surface area (Å²) in [6.07, 6.45) is 3.84. The summed E-state index contributed by atoms with van der Waals surface area (Å²) < 4.78 is 27.3. The van der Waals surface area contributed by atoms with E-state index in [1.165, 1.54) is 11.3 Å². The monoisotopic (exact) mass is 327 g/mol. The Kier molecular flexibility index (Phi) is 3.72. The summed E-state index contributed by atoms with van der Waals surface area (Å²) in [7, 11) is -3.69. The molecule has 1 fully saturated rings. The molecule has 7 nitrogen and oxygen atoms in total. The number of aromatic amines is 1. The van der Waals surface area contributed by atoms with Crippen molar-refractivity contribution < 1.29 is 8.42 Å². The van der Waals surface area contributed by atoms with Crippen LogP contribution in [0.15, 0.2) is 11.2 Å². The van der Waals surface area contributed by atoms with E-state index >= 15 is 0 Å². The molecule has 0 spiro atoms. The van der Waals surface area contributed by atoms with Gasteiger partial charge < -0.3 is 5.32 Å². The summed E-state index contributed by atoms with van der Waals surface area (Å²) in [6.45, 7) is 4.25. The summed E-state index contributed by atoms with van der Waals surface area (Å²) in [4.78, 5) is 5.19. The van der Waals surface area contributed by atoms with Crippen LogP contribution in [-0.2, 0) is 16.6 Å². The van der Waals surface area contributed by atoms with E-state index in [-0.39, 0.29) is 5.03 Å². The number of sulfonamides is 1. The molecule has 3 N–H and O–H groups in total. The minimum Gasteiger partial charge on any atom is -0.310 e. The molecule has 0 aliphatic heterocycles. The zero-order valence-electron chi connectivity index (χ0n) is 11.8. The van der Waals surface area contributed by atoms with E-state index in [0.29, 0.717) is 23.3 Å². The second kappa shape index (κ2) is 5.39. The van der Waals surface area contributed by atoms with Gasteiger partial charge in [-0.15, -0.1) is 11.3 Å². The number of aromatic nitrogens is 3. The molecule has 0 bridgehead atoms. The van der Waals surface area contributed by atoms with Crippen LogP contribution in [0.1, 0.15) is 29.0 Å². The predicted octanol–water partition coefficient (Wildman–Crippen LogP) is 1.54. The Hall–Kier alpha value is -1.45. The third-order valence-corrected chi connectivity index (χ3v) is 5.83. The van der Waals surface area contributed by atoms with Crippen LogP contribution in [0.25, 0.3) is 0 Å². The summed E-state index contributed by atoms with van der Waals surface area (Å²) in [5.74, 6) is 0. The van der Waals surface area contributed by atoms with Crippen molar-refractivity contribution in [1.82, 2.24) is 20.5 Å². The molecule has 1 aliphatic carbocycles. The van der Waals surface area contributed by atoms with Crippen LogP contribution in [0.4, 0.5) is 5.13 Å². The molecule has 0 aromatic carbocycles. The molecule has 0 unspecified atom stereocenters. The number of rotatable bonds is 6. The first kappa shape index (κ1) is 14.5. The number of hydrogen-bond acceptors (Lipinski definition) is 6. The minimum atomic E-state index is -3.69. The third kappa shape index (κ3) is 3.25. The molecule has 1 aliphatic rings. The number of thiazole rings is 1. The molecule has 2 heterocycles. The highest BCUT2D eigenvalue weighted by Gasteiger charge is 2.25. The zero-order valence-corrected chi connectivity index (χ0v) is 13.4. The smallest absolute Gasteiger partial charge is 0.280 e. The molecule has 2 aromatic heterocycles. The van der Waals surface area contributed by atoms with Crippen molar-refractivity contribution in [2.45, 2.75) is 44.3 Å². The molecule has 3 rings (SSSR count). The Labute approximate surface area is 127 Å². The molecule has 0 saturated heterocycles. The summed E-state index contributed by atoms with van der Waals surface area (Å²) in [6, 6.07) is 0.507. The van der Waals surface area contributed by atoms with Gasteiger partial charge in [-0.25, -0.2) is 4.98 Å². The van der Waals surface area contributed by atoms with Gasteiger partial charge in [0.1, 0.15) is 0 Å². The Morgan fingerprint density at radius 3 is 2.81 bits per heavy atom. The van der Waals surface area contributed by atoms with Gasteiger partial charge in [-0.05, 0) is 26.7 Å². The second-order valence-electron chi connectivity index (χ2n) is 5.15. The van der Waals surface area contributed by atoms with Crippen molar-refractivity contribution >= 4 is 26.5 Å². The highest BCUT2D eigenvalue weighted by molar-refractivity contribution is 7.92. The van der Waals surface area contributed by atoms with Crippen LogP contribution in [-0.4, -0.2) is 29.6 Å². The van der Waals surface area contributed by atoms with Crippen molar-refractivity contribution in [3.63, 3.8) is 0 Å². The van der Waals surface area contributed by atoms with E-state index in [9.17, 15) is 8.42 Å². The van der Waals surface area contributed by atoms with E-state index in [1.54, 1.807) is 6.20 Å². The first-order chi connectivity index (χ1) is 9.95. The second-order valence-corrected chi connectivity index (χ2v) is 7.97. The Morgan fingerprint density at radius 2 is 2.19 bits per heavy atom. The van der Waals surface area contributed by atoms with Gasteiger partial charge in [0.25, 0.3) is 10.0 Å². The number of nitrogens with zero attached hydrogens (tertiary/aromatic N) is 2. The molecule has 0 amide bonds. The Balaban J connectivity index is 1.79. The largest absolute Gasteiger partial charge is 0.310 e. The first-order valence-electron chi connectivity index (χ1n) is 6.68. The van der Waals surface area contributed by atoms with E-state index in [2.05, 4.69) is 25.2 Å². The Bertz CT molecular complexity index is 726. The zero-order chi connectivity index (χ0) is 15.0. The molecule has 114 valence electrons. The lowest BCUT2D eigenvalue weighted by atomic mass is 10.3. The van der Waals surface area contributed by atoms with Crippen LogP contribution in [0.5, 0.6) is 0 Å². The minimum absolute atomic E-state index is 0.0983. The number of hydrogen-bond donors (Lipinski definition) is 3. The lowest BCUT2D eigenvalue weighted by Crippen LogP contribution is -2.19. The van der Waals surface area contributed by atoms with Crippen molar-refractivity contribution in [3.05, 3.63) is 22.3 Å². The third-order valence-electron chi connectivity index (χ3n) is 3.36. The lowest BCUT2D eigenvalue weighted by Gasteiger charge is -2.06. The van der Waals surface area contributed by atoms with Crippen LogP contribution in [0.2, 0.25) is 0 Å². The lowest BCUT2D eigenvalue weighted by molar-refractivity contribution is 0.593. The normalized spacial score (nSPS) is 15.3. The molecular weight excluding hydrogens is 310 g/mol. The first-order valence-corrected chi connectivity index (χ1v) is 8.98. The standard InChI is InChI=1S/C12H17N5O2S2/c1-7-8(2)20-12(15-7)17-21(18,19)11-9(6-14-16-11)5-13-10-3-4-10/h6,10,13H,3-5H2,1-2H3,(H,14,16)(H,15,17). The average Bonchev–Trinajstić information content (AvgIpc) is 3.01. The molecule has 21 heavy (non-hydrogen) atoms. The number of nitrogens with one attached hydrogen (secondary N) is 3. The summed E-state index contributed by atoms with van der Waals surface area (Å²) in [5.41, 5.74) is 1.47. The van der Waals surface area contributed by atoms with E-state index in [4.69, 9.17) is 0 Å². The van der Waals surface area contributed by atoms with Gasteiger partial charge >= 0.3 is 0 Å². The SMILES string of the molecule is Cc1nc(NS(=O)(=O)c2[nH]ncc2CNC2CC2)sc1C. The van der Waals surface area contributed by atoms with Crippen LogP contribution < -0.4 is 10.0 Å². The molecule has 0 radical (unpaired) electrons. The van der Waals surface area contributed by atoms with E-state index in [1.807, 2.05) is 13.8 Å². The van der Waals surface area contributed by atoms with E-state index < -0.39 is 10.0 Å². The fourth-order valence-electron chi connectivity index (χ4n) is 1.88. The van der Waals surface area contributed by atoms with Gasteiger partial charge in [-0.3, -0.25) is 9.82 Å². The van der Waals surface area contributed by atoms with Gasteiger partial charge in [-0.1, -0.05) is 0 Å². The number of aryl methyl sites for hydroxylation is 2. The van der Waals surface area contributed by atoms with Gasteiger partial charge in [0, 0.05) is 23.0 Å². The highest BCUT2D eigenvalue weighted by Crippen LogP contribution is 2.25. The van der Waals surface area contributed by atoms with Gasteiger partial charge in [0.05, 0.1) is 11.9 Å². The summed E-state index contributed by atoms with van der Waals surface area (Å²) >= 11 is 1.32. The van der Waals surface area contributed by atoms with Gasteiger partial charge in [0.2, 0.25) is 0 Å². The number of anilines is 1. The van der Waals surface area contributed by atoms with Crippen molar-refractivity contribution in [1.29, 1.82) is 0 Å². The van der Waals surface area contributed by atoms with Crippen LogP contribution in [0.3, 0.4) is 0 Å². The quantitative estimate of drug-likeness (QED) is 0.747. The number of H-pyrrole nitrogens is 1. The fourth-order valence-corrected chi connectivity index (χ4v) is 4.06. The van der Waals surface area contributed by atoms with Gasteiger partial charge in [-0.2, -0.15) is 13.5 Å². The summed E-state index contributed by atoms with van der Waals surface area (Å²) in [5, 5.41) is 10.2. The van der Waals surface area contributed by atoms with E-state index in [0.717, 1.165) is 23.4 Å². The maximum atomic E-state index is 12.4. The van der Waals surface area contributed by atoms with Crippen LogP contribution in [0, 0.1) is 13.8 Å². The predicted molar refractivity (Wildman–Crippen MR) is 80.8 cm³/mol. The molecular formula is C12H17N5O2S2. The van der Waals surface area contributed by atoms with Crippen molar-refractivity contribution in [3.8, 4) is 0 Å². The van der Waals surface area contributed by atoms with Gasteiger partial charge in [0.15, 0.2) is 10.2 Å². The highest BCUT2D eigenvalue weighted by atomic mass is 32.2. The maximum Gasteiger partial charge on any atom is 0.280 e.